The van der Waals surface area contributed by atoms with E-state index in [9.17, 15) is 14.0 Å². The quantitative estimate of drug-likeness (QED) is 0.851. The van der Waals surface area contributed by atoms with Crippen LogP contribution < -0.4 is 5.32 Å². The van der Waals surface area contributed by atoms with Gasteiger partial charge in [-0.2, -0.15) is 0 Å². The molecule has 0 spiro atoms. The minimum absolute atomic E-state index is 0.159. The Morgan fingerprint density at radius 1 is 1.21 bits per heavy atom. The van der Waals surface area contributed by atoms with Gasteiger partial charge in [0.1, 0.15) is 12.2 Å². The Bertz CT molecular complexity index is 470. The molecule has 0 saturated carbocycles. The van der Waals surface area contributed by atoms with Crippen LogP contribution in [0, 0.1) is 5.82 Å². The van der Waals surface area contributed by atoms with Crippen LogP contribution >= 0.6 is 0 Å². The van der Waals surface area contributed by atoms with Crippen LogP contribution in [0.15, 0.2) is 24.3 Å². The number of hydrogen-bond donors (Lipinski definition) is 1. The van der Waals surface area contributed by atoms with Gasteiger partial charge in [0.2, 0.25) is 11.8 Å². The maximum absolute atomic E-state index is 12.9. The second-order valence-corrected chi connectivity index (χ2v) is 4.68. The smallest absolute Gasteiger partial charge is 0.233 e. The Hall–Kier alpha value is -1.91. The number of amides is 2. The molecular formula is C14H17FN2O2. The van der Waals surface area contributed by atoms with Crippen LogP contribution in [0.5, 0.6) is 0 Å². The van der Waals surface area contributed by atoms with E-state index in [1.165, 1.54) is 18.2 Å². The van der Waals surface area contributed by atoms with Crippen LogP contribution in [0.2, 0.25) is 0 Å². The molecule has 0 aliphatic carbocycles. The number of rotatable bonds is 3. The molecule has 1 fully saturated rings. The minimum atomic E-state index is -0.417. The summed E-state index contributed by atoms with van der Waals surface area (Å²) >= 11 is 0. The number of nitrogens with zero attached hydrogens (tertiary/aromatic N) is 1. The van der Waals surface area contributed by atoms with Crippen LogP contribution in [0.25, 0.3) is 0 Å². The maximum atomic E-state index is 12.9. The first-order valence-corrected chi connectivity index (χ1v) is 6.48. The molecule has 1 N–H and O–H groups in total. The lowest BCUT2D eigenvalue weighted by molar-refractivity contribution is -0.135. The van der Waals surface area contributed by atoms with E-state index in [2.05, 4.69) is 5.32 Å². The van der Waals surface area contributed by atoms with Gasteiger partial charge in [-0.25, -0.2) is 4.39 Å². The van der Waals surface area contributed by atoms with Crippen LogP contribution in [0.1, 0.15) is 25.7 Å². The minimum Gasteiger partial charge on any atom is -0.342 e. The molecule has 1 heterocycles. The number of hydrogen-bond acceptors (Lipinski definition) is 2. The van der Waals surface area contributed by atoms with Crippen molar-refractivity contribution in [3.63, 3.8) is 0 Å². The first kappa shape index (κ1) is 13.5. The topological polar surface area (TPSA) is 49.4 Å². The lowest BCUT2D eigenvalue weighted by atomic mass is 10.1. The molecule has 4 nitrogen and oxygen atoms in total. The summed E-state index contributed by atoms with van der Waals surface area (Å²) in [5.74, 6) is -0.977. The fourth-order valence-electron chi connectivity index (χ4n) is 2.16. The Kier molecular flexibility index (Phi) is 4.49. The third-order valence-corrected chi connectivity index (χ3v) is 3.13. The van der Waals surface area contributed by atoms with Crippen molar-refractivity contribution in [1.29, 1.82) is 0 Å². The number of carbonyl (C=O) groups excluding carboxylic acids is 2. The summed E-state index contributed by atoms with van der Waals surface area (Å²) in [4.78, 5) is 25.3. The predicted octanol–water partition coefficient (Wildman–Crippen LogP) is 2.17. The molecule has 1 aromatic rings. The summed E-state index contributed by atoms with van der Waals surface area (Å²) in [6.07, 6.45) is 2.95. The zero-order valence-corrected chi connectivity index (χ0v) is 10.7. The highest BCUT2D eigenvalue weighted by Crippen LogP contribution is 2.12. The van der Waals surface area contributed by atoms with Gasteiger partial charge in [0.15, 0.2) is 0 Å². The summed E-state index contributed by atoms with van der Waals surface area (Å²) in [5.41, 5.74) is 0.372. The van der Waals surface area contributed by atoms with Crippen molar-refractivity contribution < 1.29 is 14.0 Å². The van der Waals surface area contributed by atoms with Crippen molar-refractivity contribution >= 4 is 17.5 Å². The maximum Gasteiger partial charge on any atom is 0.233 e. The van der Waals surface area contributed by atoms with E-state index in [1.54, 1.807) is 11.0 Å². The molecule has 0 aromatic heterocycles. The first-order valence-electron chi connectivity index (χ1n) is 6.48. The lowest BCUT2D eigenvalue weighted by Gasteiger charge is -2.26. The van der Waals surface area contributed by atoms with E-state index in [4.69, 9.17) is 0 Å². The van der Waals surface area contributed by atoms with E-state index in [-0.39, 0.29) is 12.3 Å². The van der Waals surface area contributed by atoms with E-state index in [1.807, 2.05) is 0 Å². The zero-order valence-electron chi connectivity index (χ0n) is 10.7. The van der Waals surface area contributed by atoms with Crippen molar-refractivity contribution in [1.82, 2.24) is 4.90 Å². The Labute approximate surface area is 111 Å². The summed E-state index contributed by atoms with van der Waals surface area (Å²) in [7, 11) is 0. The van der Waals surface area contributed by atoms with Crippen LogP contribution in [0.4, 0.5) is 10.1 Å². The molecule has 0 atom stereocenters. The second-order valence-electron chi connectivity index (χ2n) is 4.68. The van der Waals surface area contributed by atoms with Crippen molar-refractivity contribution in [2.24, 2.45) is 0 Å². The molecule has 0 bridgehead atoms. The molecule has 1 aliphatic heterocycles. The molecule has 5 heteroatoms. The molecule has 1 aromatic carbocycles. The molecule has 2 rings (SSSR count). The van der Waals surface area contributed by atoms with E-state index in [0.717, 1.165) is 32.4 Å². The number of nitrogens with one attached hydrogen (secondary N) is 1. The summed E-state index contributed by atoms with van der Waals surface area (Å²) < 4.78 is 12.9. The number of benzene rings is 1. The molecule has 0 radical (unpaired) electrons. The highest BCUT2D eigenvalue weighted by molar-refractivity contribution is 6.03. The van der Waals surface area contributed by atoms with Gasteiger partial charge in [0, 0.05) is 18.8 Å². The van der Waals surface area contributed by atoms with Crippen molar-refractivity contribution in [2.45, 2.75) is 25.7 Å². The normalized spacial score (nSPS) is 15.1. The third kappa shape index (κ3) is 4.05. The fourth-order valence-corrected chi connectivity index (χ4v) is 2.16. The largest absolute Gasteiger partial charge is 0.342 e. The van der Waals surface area contributed by atoms with Gasteiger partial charge < -0.3 is 10.2 Å². The Morgan fingerprint density at radius 2 is 1.95 bits per heavy atom. The summed E-state index contributed by atoms with van der Waals surface area (Å²) in [6.45, 7) is 1.46. The number of anilines is 1. The Balaban J connectivity index is 1.85. The van der Waals surface area contributed by atoms with Gasteiger partial charge in [0.25, 0.3) is 0 Å². The third-order valence-electron chi connectivity index (χ3n) is 3.13. The monoisotopic (exact) mass is 264 g/mol. The SMILES string of the molecule is O=C(CC(=O)N1CCCCC1)Nc1cccc(F)c1. The molecule has 2 amide bonds. The van der Waals surface area contributed by atoms with E-state index >= 15 is 0 Å². The van der Waals surface area contributed by atoms with Crippen molar-refractivity contribution in [3.05, 3.63) is 30.1 Å². The molecule has 0 unspecified atom stereocenters. The van der Waals surface area contributed by atoms with Crippen LogP contribution in [-0.2, 0) is 9.59 Å². The standard InChI is InChI=1S/C14H17FN2O2/c15-11-5-4-6-12(9-11)16-13(18)10-14(19)17-7-2-1-3-8-17/h4-6,9H,1-3,7-8,10H2,(H,16,18). The average Bonchev–Trinajstić information content (AvgIpc) is 2.39. The predicted molar refractivity (Wildman–Crippen MR) is 70.1 cm³/mol. The first-order chi connectivity index (χ1) is 9.15. The molecule has 1 saturated heterocycles. The zero-order chi connectivity index (χ0) is 13.7. The van der Waals surface area contributed by atoms with Crippen LogP contribution in [-0.4, -0.2) is 29.8 Å². The molecular weight excluding hydrogens is 247 g/mol. The number of halogens is 1. The van der Waals surface area contributed by atoms with Gasteiger partial charge in [-0.05, 0) is 37.5 Å². The average molecular weight is 264 g/mol. The van der Waals surface area contributed by atoms with E-state index in [0.29, 0.717) is 5.69 Å². The number of piperidine rings is 1. The van der Waals surface area contributed by atoms with Gasteiger partial charge in [-0.3, -0.25) is 9.59 Å². The van der Waals surface area contributed by atoms with Gasteiger partial charge in [0.05, 0.1) is 0 Å². The molecule has 102 valence electrons. The number of carbonyl (C=O) groups is 2. The van der Waals surface area contributed by atoms with Gasteiger partial charge in [-0.1, -0.05) is 6.07 Å². The summed E-state index contributed by atoms with van der Waals surface area (Å²) in [5, 5.41) is 2.53. The van der Waals surface area contributed by atoms with Gasteiger partial charge >= 0.3 is 0 Å². The highest BCUT2D eigenvalue weighted by atomic mass is 19.1. The van der Waals surface area contributed by atoms with Crippen molar-refractivity contribution in [3.8, 4) is 0 Å². The summed E-state index contributed by atoms with van der Waals surface area (Å²) in [6, 6.07) is 5.63. The number of likely N-dealkylation sites (tertiary alicyclic amines) is 1. The van der Waals surface area contributed by atoms with Crippen molar-refractivity contribution in [2.75, 3.05) is 18.4 Å². The lowest BCUT2D eigenvalue weighted by Crippen LogP contribution is -2.37. The molecule has 19 heavy (non-hydrogen) atoms. The fraction of sp³-hybridized carbons (Fsp3) is 0.429. The Morgan fingerprint density at radius 3 is 2.63 bits per heavy atom. The second kappa shape index (κ2) is 6.31. The highest BCUT2D eigenvalue weighted by Gasteiger charge is 2.19. The van der Waals surface area contributed by atoms with E-state index < -0.39 is 11.7 Å². The van der Waals surface area contributed by atoms with Gasteiger partial charge in [-0.15, -0.1) is 0 Å². The van der Waals surface area contributed by atoms with Crippen LogP contribution in [0.3, 0.4) is 0 Å². The molecule has 1 aliphatic rings.